The number of benzene rings is 1. The molecule has 0 radical (unpaired) electrons. The predicted octanol–water partition coefficient (Wildman–Crippen LogP) is 2.90. The average Bonchev–Trinajstić information content (AvgIpc) is 2.44. The van der Waals surface area contributed by atoms with Crippen molar-refractivity contribution in [3.63, 3.8) is 0 Å². The zero-order valence-corrected chi connectivity index (χ0v) is 13.9. The molecule has 0 aromatic heterocycles. The fourth-order valence-electron chi connectivity index (χ4n) is 1.62. The maximum atomic E-state index is 11.9. The van der Waals surface area contributed by atoms with Crippen LogP contribution in [0.15, 0.2) is 22.2 Å². The number of nitrogens with zero attached hydrogens (tertiary/aromatic N) is 1. The Morgan fingerprint density at radius 3 is 2.38 bits per heavy atom. The summed E-state index contributed by atoms with van der Waals surface area (Å²) < 4.78 is 11.1. The summed E-state index contributed by atoms with van der Waals surface area (Å²) >= 11 is 3.39. The first-order valence-corrected chi connectivity index (χ1v) is 7.06. The van der Waals surface area contributed by atoms with Crippen LogP contribution in [0.3, 0.4) is 0 Å². The van der Waals surface area contributed by atoms with Gasteiger partial charge in [-0.3, -0.25) is 4.79 Å². The highest BCUT2D eigenvalue weighted by atomic mass is 79.9. The monoisotopic (exact) mass is 352 g/mol. The highest BCUT2D eigenvalue weighted by Gasteiger charge is 2.13. The quantitative estimate of drug-likeness (QED) is 0.653. The summed E-state index contributed by atoms with van der Waals surface area (Å²) in [4.78, 5) is 11.9. The van der Waals surface area contributed by atoms with E-state index in [1.54, 1.807) is 12.1 Å². The first kappa shape index (κ1) is 17.1. The van der Waals surface area contributed by atoms with E-state index in [1.807, 2.05) is 19.9 Å². The second kappa shape index (κ2) is 7.70. The van der Waals surface area contributed by atoms with Crippen LogP contribution >= 0.6 is 15.9 Å². The van der Waals surface area contributed by atoms with Gasteiger partial charge in [-0.05, 0) is 37.6 Å². The van der Waals surface area contributed by atoms with E-state index < -0.39 is 5.91 Å². The van der Waals surface area contributed by atoms with E-state index >= 15 is 0 Å². The second-order valence-corrected chi connectivity index (χ2v) is 5.38. The summed E-state index contributed by atoms with van der Waals surface area (Å²) in [5.41, 5.74) is 0.680. The normalized spacial score (nSPS) is 11.0. The summed E-state index contributed by atoms with van der Waals surface area (Å²) in [5, 5.41) is 11.8. The van der Waals surface area contributed by atoms with Gasteiger partial charge in [-0.1, -0.05) is 15.9 Å². The van der Waals surface area contributed by atoms with Gasteiger partial charge >= 0.3 is 0 Å². The van der Waals surface area contributed by atoms with Gasteiger partial charge in [-0.15, -0.1) is 0 Å². The maximum absolute atomic E-state index is 11.9. The summed E-state index contributed by atoms with van der Waals surface area (Å²) in [5.74, 6) is 0.675. The van der Waals surface area contributed by atoms with Gasteiger partial charge in [0.2, 0.25) is 0 Å². The molecule has 0 spiro atoms. The van der Waals surface area contributed by atoms with Crippen molar-refractivity contribution in [2.45, 2.75) is 19.9 Å². The van der Waals surface area contributed by atoms with Crippen molar-refractivity contribution in [1.82, 2.24) is 5.32 Å². The molecule has 0 aliphatic rings. The standard InChI is InChI=1S/C15H17BrN2O3/c1-9(2)18-15(19)11(8-17)5-10-6-13(20-3)14(21-4)7-12(10)16/h5-7,9H,1-4H3,(H,18,19)/b11-5-. The van der Waals surface area contributed by atoms with Crippen molar-refractivity contribution in [3.8, 4) is 17.6 Å². The number of hydrogen-bond acceptors (Lipinski definition) is 4. The van der Waals surface area contributed by atoms with Crippen LogP contribution in [-0.4, -0.2) is 26.2 Å². The number of rotatable bonds is 5. The summed E-state index contributed by atoms with van der Waals surface area (Å²) in [6.45, 7) is 3.67. The number of nitrogens with one attached hydrogen (secondary N) is 1. The average molecular weight is 353 g/mol. The largest absolute Gasteiger partial charge is 0.493 e. The molecular formula is C15H17BrN2O3. The fraction of sp³-hybridized carbons (Fsp3) is 0.333. The molecule has 0 saturated heterocycles. The SMILES string of the molecule is COc1cc(Br)c(/C=C(/C#N)C(=O)NC(C)C)cc1OC. The lowest BCUT2D eigenvalue weighted by atomic mass is 10.1. The smallest absolute Gasteiger partial charge is 0.262 e. The number of amides is 1. The number of methoxy groups -OCH3 is 2. The Hall–Kier alpha value is -2.00. The van der Waals surface area contributed by atoms with E-state index in [4.69, 9.17) is 14.7 Å². The van der Waals surface area contributed by atoms with Gasteiger partial charge in [0.25, 0.3) is 5.91 Å². The third-order valence-electron chi connectivity index (χ3n) is 2.59. The van der Waals surface area contributed by atoms with E-state index in [0.717, 1.165) is 0 Å². The third-order valence-corrected chi connectivity index (χ3v) is 3.27. The van der Waals surface area contributed by atoms with E-state index in [0.29, 0.717) is 21.5 Å². The van der Waals surface area contributed by atoms with E-state index in [1.165, 1.54) is 20.3 Å². The topological polar surface area (TPSA) is 71.3 Å². The van der Waals surface area contributed by atoms with Gasteiger partial charge in [0.1, 0.15) is 11.6 Å². The summed E-state index contributed by atoms with van der Waals surface area (Å²) in [6, 6.07) is 5.29. The summed E-state index contributed by atoms with van der Waals surface area (Å²) in [6.07, 6.45) is 1.50. The third kappa shape index (κ3) is 4.50. The Labute approximate surface area is 132 Å². The zero-order valence-electron chi connectivity index (χ0n) is 12.4. The van der Waals surface area contributed by atoms with Crippen molar-refractivity contribution in [2.75, 3.05) is 14.2 Å². The van der Waals surface area contributed by atoms with Crippen LogP contribution in [0.5, 0.6) is 11.5 Å². The molecule has 1 aromatic carbocycles. The first-order chi connectivity index (χ1) is 9.92. The molecule has 0 atom stereocenters. The van der Waals surface area contributed by atoms with E-state index in [2.05, 4.69) is 21.2 Å². The number of nitriles is 1. The predicted molar refractivity (Wildman–Crippen MR) is 84.1 cm³/mol. The number of ether oxygens (including phenoxy) is 2. The Morgan fingerprint density at radius 2 is 1.90 bits per heavy atom. The molecule has 0 aliphatic carbocycles. The molecule has 0 heterocycles. The maximum Gasteiger partial charge on any atom is 0.262 e. The van der Waals surface area contributed by atoms with Gasteiger partial charge in [-0.25, -0.2) is 0 Å². The lowest BCUT2D eigenvalue weighted by Gasteiger charge is -2.11. The second-order valence-electron chi connectivity index (χ2n) is 4.53. The molecule has 1 rings (SSSR count). The first-order valence-electron chi connectivity index (χ1n) is 6.27. The lowest BCUT2D eigenvalue weighted by Crippen LogP contribution is -2.30. The van der Waals surface area contributed by atoms with Crippen LogP contribution in [0.25, 0.3) is 6.08 Å². The van der Waals surface area contributed by atoms with Crippen molar-refractivity contribution in [3.05, 3.63) is 27.7 Å². The van der Waals surface area contributed by atoms with Crippen molar-refractivity contribution in [2.24, 2.45) is 0 Å². The summed E-state index contributed by atoms with van der Waals surface area (Å²) in [7, 11) is 3.06. The molecule has 0 saturated carbocycles. The van der Waals surface area contributed by atoms with Gasteiger partial charge in [0.15, 0.2) is 11.5 Å². The van der Waals surface area contributed by atoms with Crippen molar-refractivity contribution in [1.29, 1.82) is 5.26 Å². The Balaban J connectivity index is 3.23. The highest BCUT2D eigenvalue weighted by Crippen LogP contribution is 2.34. The van der Waals surface area contributed by atoms with Crippen LogP contribution in [-0.2, 0) is 4.79 Å². The van der Waals surface area contributed by atoms with Gasteiger partial charge in [0.05, 0.1) is 14.2 Å². The molecule has 5 nitrogen and oxygen atoms in total. The Kier molecular flexibility index (Phi) is 6.25. The molecule has 0 unspecified atom stereocenters. The Bertz CT molecular complexity index is 604. The molecule has 21 heavy (non-hydrogen) atoms. The van der Waals surface area contributed by atoms with Crippen molar-refractivity contribution >= 4 is 27.9 Å². The molecule has 0 bridgehead atoms. The van der Waals surface area contributed by atoms with Crippen molar-refractivity contribution < 1.29 is 14.3 Å². The molecule has 1 amide bonds. The number of carbonyl (C=O) groups excluding carboxylic acids is 1. The number of halogens is 1. The minimum Gasteiger partial charge on any atom is -0.493 e. The lowest BCUT2D eigenvalue weighted by molar-refractivity contribution is -0.117. The molecular weight excluding hydrogens is 336 g/mol. The fourth-order valence-corrected chi connectivity index (χ4v) is 2.06. The van der Waals surface area contributed by atoms with Gasteiger partial charge < -0.3 is 14.8 Å². The minimum atomic E-state index is -0.408. The molecule has 1 aromatic rings. The molecule has 0 fully saturated rings. The number of carbonyl (C=O) groups is 1. The van der Waals surface area contributed by atoms with E-state index in [-0.39, 0.29) is 11.6 Å². The van der Waals surface area contributed by atoms with Crippen LogP contribution in [0.2, 0.25) is 0 Å². The number of hydrogen-bond donors (Lipinski definition) is 1. The molecule has 6 heteroatoms. The van der Waals surface area contributed by atoms with Crippen LogP contribution < -0.4 is 14.8 Å². The zero-order chi connectivity index (χ0) is 16.0. The Morgan fingerprint density at radius 1 is 1.33 bits per heavy atom. The van der Waals surface area contributed by atoms with Crippen LogP contribution in [0.1, 0.15) is 19.4 Å². The van der Waals surface area contributed by atoms with Crippen LogP contribution in [0.4, 0.5) is 0 Å². The van der Waals surface area contributed by atoms with Gasteiger partial charge in [0, 0.05) is 10.5 Å². The minimum absolute atomic E-state index is 0.0246. The van der Waals surface area contributed by atoms with Crippen LogP contribution in [0, 0.1) is 11.3 Å². The molecule has 0 aliphatic heterocycles. The molecule has 112 valence electrons. The molecule has 1 N–H and O–H groups in total. The van der Waals surface area contributed by atoms with E-state index in [9.17, 15) is 4.79 Å². The van der Waals surface area contributed by atoms with Gasteiger partial charge in [-0.2, -0.15) is 5.26 Å². The highest BCUT2D eigenvalue weighted by molar-refractivity contribution is 9.10.